The minimum absolute atomic E-state index is 0.0478. The topological polar surface area (TPSA) is 78.4 Å². The Labute approximate surface area is 76.5 Å². The fourth-order valence-electron chi connectivity index (χ4n) is 1.10. The second kappa shape index (κ2) is 4.23. The minimum Gasteiger partial charge on any atom is -0.480 e. The Bertz CT molecular complexity index is 213. The summed E-state index contributed by atoms with van der Waals surface area (Å²) < 4.78 is 0. The predicted octanol–water partition coefficient (Wildman–Crippen LogP) is -0.815. The lowest BCUT2D eigenvalue weighted by Crippen LogP contribution is -2.53. The Morgan fingerprint density at radius 1 is 1.62 bits per heavy atom. The monoisotopic (exact) mass is 186 g/mol. The van der Waals surface area contributed by atoms with Gasteiger partial charge in [0.2, 0.25) is 5.91 Å². The molecule has 13 heavy (non-hydrogen) atoms. The minimum atomic E-state index is -0.969. The molecule has 5 heteroatoms. The van der Waals surface area contributed by atoms with Crippen LogP contribution in [0.4, 0.5) is 0 Å². The van der Waals surface area contributed by atoms with E-state index in [4.69, 9.17) is 5.11 Å². The van der Waals surface area contributed by atoms with Gasteiger partial charge >= 0.3 is 5.97 Å². The van der Waals surface area contributed by atoms with Crippen molar-refractivity contribution < 1.29 is 14.7 Å². The van der Waals surface area contributed by atoms with E-state index in [1.807, 2.05) is 0 Å². The van der Waals surface area contributed by atoms with Gasteiger partial charge in [-0.2, -0.15) is 0 Å². The molecular weight excluding hydrogens is 172 g/mol. The van der Waals surface area contributed by atoms with Gasteiger partial charge in [-0.1, -0.05) is 6.92 Å². The number of nitrogens with one attached hydrogen (secondary N) is 2. The normalized spacial score (nSPS) is 18.8. The van der Waals surface area contributed by atoms with Crippen molar-refractivity contribution in [3.05, 3.63) is 0 Å². The van der Waals surface area contributed by atoms with Crippen molar-refractivity contribution in [1.29, 1.82) is 0 Å². The molecule has 74 valence electrons. The summed E-state index contributed by atoms with van der Waals surface area (Å²) in [5.41, 5.74) is 0. The molecule has 0 radical (unpaired) electrons. The Kier molecular flexibility index (Phi) is 3.25. The summed E-state index contributed by atoms with van der Waals surface area (Å²) >= 11 is 0. The van der Waals surface area contributed by atoms with Crippen molar-refractivity contribution in [3.63, 3.8) is 0 Å². The van der Waals surface area contributed by atoms with Gasteiger partial charge in [-0.15, -0.1) is 0 Å². The zero-order chi connectivity index (χ0) is 9.84. The second-order valence-corrected chi connectivity index (χ2v) is 3.16. The van der Waals surface area contributed by atoms with Crippen molar-refractivity contribution >= 4 is 11.9 Å². The average Bonchev–Trinajstić information content (AvgIpc) is 1.96. The molecule has 0 aromatic heterocycles. The van der Waals surface area contributed by atoms with E-state index in [0.29, 0.717) is 19.5 Å². The molecule has 1 rings (SSSR count). The van der Waals surface area contributed by atoms with Crippen LogP contribution in [0, 0.1) is 5.92 Å². The standard InChI is InChI=1S/C8H14N2O3/c1-2-6(8(12)13)10-7(11)5-3-9-4-5/h5-6,9H,2-4H2,1H3,(H,10,11)(H,12,13)/t6-/m0/s1. The fraction of sp³-hybridized carbons (Fsp3) is 0.750. The van der Waals surface area contributed by atoms with Gasteiger partial charge in [-0.25, -0.2) is 4.79 Å². The number of rotatable bonds is 4. The Morgan fingerprint density at radius 2 is 2.23 bits per heavy atom. The first kappa shape index (κ1) is 9.98. The lowest BCUT2D eigenvalue weighted by molar-refractivity contribution is -0.142. The molecule has 0 bridgehead atoms. The van der Waals surface area contributed by atoms with Crippen molar-refractivity contribution in [3.8, 4) is 0 Å². The first-order valence-electron chi connectivity index (χ1n) is 4.39. The second-order valence-electron chi connectivity index (χ2n) is 3.16. The Hall–Kier alpha value is -1.10. The molecular formula is C8H14N2O3. The molecule has 0 aromatic rings. The first-order valence-corrected chi connectivity index (χ1v) is 4.39. The van der Waals surface area contributed by atoms with E-state index in [9.17, 15) is 9.59 Å². The van der Waals surface area contributed by atoms with E-state index in [-0.39, 0.29) is 11.8 Å². The molecule has 1 heterocycles. The fourth-order valence-corrected chi connectivity index (χ4v) is 1.10. The maximum atomic E-state index is 11.3. The molecule has 0 spiro atoms. The maximum absolute atomic E-state index is 11.3. The first-order chi connectivity index (χ1) is 6.15. The van der Waals surface area contributed by atoms with Crippen LogP contribution in [0.3, 0.4) is 0 Å². The van der Waals surface area contributed by atoms with Crippen LogP contribution in [-0.4, -0.2) is 36.1 Å². The summed E-state index contributed by atoms with van der Waals surface area (Å²) in [6, 6.07) is -0.743. The van der Waals surface area contributed by atoms with E-state index in [0.717, 1.165) is 0 Å². The zero-order valence-corrected chi connectivity index (χ0v) is 7.54. The van der Waals surface area contributed by atoms with Crippen LogP contribution in [0.2, 0.25) is 0 Å². The van der Waals surface area contributed by atoms with Crippen LogP contribution >= 0.6 is 0 Å². The van der Waals surface area contributed by atoms with Crippen LogP contribution in [0.5, 0.6) is 0 Å². The van der Waals surface area contributed by atoms with Crippen LogP contribution in [-0.2, 0) is 9.59 Å². The molecule has 1 atom stereocenters. The predicted molar refractivity (Wildman–Crippen MR) is 46.2 cm³/mol. The summed E-state index contributed by atoms with van der Waals surface area (Å²) in [7, 11) is 0. The molecule has 1 fully saturated rings. The number of hydrogen-bond donors (Lipinski definition) is 3. The third-order valence-electron chi connectivity index (χ3n) is 2.18. The number of carboxylic acid groups (broad SMARTS) is 1. The molecule has 0 aromatic carbocycles. The van der Waals surface area contributed by atoms with Crippen LogP contribution in [0.25, 0.3) is 0 Å². The van der Waals surface area contributed by atoms with Crippen molar-refractivity contribution in [2.45, 2.75) is 19.4 Å². The number of amides is 1. The van der Waals surface area contributed by atoms with Gasteiger partial charge in [0.15, 0.2) is 0 Å². The van der Waals surface area contributed by atoms with Crippen molar-refractivity contribution in [2.24, 2.45) is 5.92 Å². The summed E-state index contributed by atoms with van der Waals surface area (Å²) in [6.07, 6.45) is 0.418. The lowest BCUT2D eigenvalue weighted by Gasteiger charge is -2.27. The zero-order valence-electron chi connectivity index (χ0n) is 7.54. The van der Waals surface area contributed by atoms with Gasteiger partial charge in [0, 0.05) is 13.1 Å². The van der Waals surface area contributed by atoms with Crippen molar-refractivity contribution in [2.75, 3.05) is 13.1 Å². The van der Waals surface area contributed by atoms with E-state index in [2.05, 4.69) is 10.6 Å². The summed E-state index contributed by atoms with van der Waals surface area (Å²) in [4.78, 5) is 21.8. The summed E-state index contributed by atoms with van der Waals surface area (Å²) in [5.74, 6) is -1.18. The smallest absolute Gasteiger partial charge is 0.326 e. The number of aliphatic carboxylic acids is 1. The molecule has 3 N–H and O–H groups in total. The molecule has 0 aliphatic carbocycles. The highest BCUT2D eigenvalue weighted by atomic mass is 16.4. The average molecular weight is 186 g/mol. The molecule has 5 nitrogen and oxygen atoms in total. The molecule has 1 saturated heterocycles. The van der Waals surface area contributed by atoms with Crippen molar-refractivity contribution in [1.82, 2.24) is 10.6 Å². The highest BCUT2D eigenvalue weighted by Crippen LogP contribution is 2.03. The molecule has 0 saturated carbocycles. The highest BCUT2D eigenvalue weighted by molar-refractivity contribution is 5.85. The van der Waals surface area contributed by atoms with Gasteiger partial charge in [0.1, 0.15) is 6.04 Å². The molecule has 1 aliphatic rings. The Balaban J connectivity index is 2.36. The summed E-state index contributed by atoms with van der Waals surface area (Å²) in [5, 5.41) is 14.1. The number of carboxylic acids is 1. The molecule has 0 unspecified atom stereocenters. The lowest BCUT2D eigenvalue weighted by atomic mass is 10.0. The highest BCUT2D eigenvalue weighted by Gasteiger charge is 2.27. The Morgan fingerprint density at radius 3 is 2.54 bits per heavy atom. The number of carbonyl (C=O) groups is 2. The SMILES string of the molecule is CC[C@H](NC(=O)C1CNC1)C(=O)O. The number of hydrogen-bond acceptors (Lipinski definition) is 3. The quantitative estimate of drug-likeness (QED) is 0.536. The van der Waals surface area contributed by atoms with E-state index in [1.54, 1.807) is 6.92 Å². The maximum Gasteiger partial charge on any atom is 0.326 e. The van der Waals surface area contributed by atoms with Gasteiger partial charge in [-0.3, -0.25) is 4.79 Å². The largest absolute Gasteiger partial charge is 0.480 e. The van der Waals surface area contributed by atoms with Crippen LogP contribution in [0.1, 0.15) is 13.3 Å². The van der Waals surface area contributed by atoms with E-state index < -0.39 is 12.0 Å². The van der Waals surface area contributed by atoms with Gasteiger partial charge in [-0.05, 0) is 6.42 Å². The van der Waals surface area contributed by atoms with E-state index in [1.165, 1.54) is 0 Å². The summed E-state index contributed by atoms with van der Waals surface area (Å²) in [6.45, 7) is 3.04. The van der Waals surface area contributed by atoms with Gasteiger partial charge < -0.3 is 15.7 Å². The van der Waals surface area contributed by atoms with Crippen LogP contribution in [0.15, 0.2) is 0 Å². The van der Waals surface area contributed by atoms with E-state index >= 15 is 0 Å². The molecule has 1 aliphatic heterocycles. The van der Waals surface area contributed by atoms with Crippen LogP contribution < -0.4 is 10.6 Å². The van der Waals surface area contributed by atoms with Gasteiger partial charge in [0.05, 0.1) is 5.92 Å². The third-order valence-corrected chi connectivity index (χ3v) is 2.18. The number of carbonyl (C=O) groups excluding carboxylic acids is 1. The van der Waals surface area contributed by atoms with Gasteiger partial charge in [0.25, 0.3) is 0 Å². The third kappa shape index (κ3) is 2.42. The molecule has 1 amide bonds.